The molecule has 0 bridgehead atoms. The van der Waals surface area contributed by atoms with Crippen molar-refractivity contribution in [1.29, 1.82) is 0 Å². The molecule has 2 unspecified atom stereocenters. The Morgan fingerprint density at radius 3 is 2.72 bits per heavy atom. The van der Waals surface area contributed by atoms with Crippen LogP contribution < -0.4 is 9.47 Å². The molecule has 2 aliphatic heterocycles. The van der Waals surface area contributed by atoms with Crippen LogP contribution in [0.25, 0.3) is 0 Å². The second kappa shape index (κ2) is 8.89. The van der Waals surface area contributed by atoms with Crippen LogP contribution in [0.2, 0.25) is 0 Å². The standard InChI is InChI=1S/C19H28O4S2/c1-14(20)8-9-19(24-11-4-12-25-19)15-6-7-16(21-2)17(13-15)23-18-5-3-10-22-18/h6-7,13-14,18,20H,3-5,8-12H2,1-2H3. The minimum absolute atomic E-state index is 0.0177. The summed E-state index contributed by atoms with van der Waals surface area (Å²) in [5, 5.41) is 9.79. The van der Waals surface area contributed by atoms with Gasteiger partial charge in [-0.1, -0.05) is 6.07 Å². The number of ether oxygens (including phenoxy) is 3. The van der Waals surface area contributed by atoms with Crippen LogP contribution in [0, 0.1) is 0 Å². The van der Waals surface area contributed by atoms with Crippen molar-refractivity contribution in [2.24, 2.45) is 0 Å². The molecule has 0 amide bonds. The van der Waals surface area contributed by atoms with E-state index in [1.54, 1.807) is 7.11 Å². The number of hydrogen-bond acceptors (Lipinski definition) is 6. The van der Waals surface area contributed by atoms with Gasteiger partial charge in [0.1, 0.15) is 0 Å². The van der Waals surface area contributed by atoms with Crippen molar-refractivity contribution in [3.63, 3.8) is 0 Å². The van der Waals surface area contributed by atoms with E-state index in [0.29, 0.717) is 0 Å². The van der Waals surface area contributed by atoms with Crippen LogP contribution in [0.3, 0.4) is 0 Å². The van der Waals surface area contributed by atoms with Gasteiger partial charge in [-0.25, -0.2) is 0 Å². The zero-order valence-electron chi connectivity index (χ0n) is 15.0. The highest BCUT2D eigenvalue weighted by Crippen LogP contribution is 2.54. The lowest BCUT2D eigenvalue weighted by atomic mass is 10.0. The first-order valence-electron chi connectivity index (χ1n) is 9.06. The Hall–Kier alpha value is -0.560. The van der Waals surface area contributed by atoms with Gasteiger partial charge in [0.2, 0.25) is 0 Å². The molecule has 0 aromatic heterocycles. The molecule has 0 saturated carbocycles. The van der Waals surface area contributed by atoms with Crippen molar-refractivity contribution < 1.29 is 19.3 Å². The molecule has 0 radical (unpaired) electrons. The molecule has 1 aromatic carbocycles. The van der Waals surface area contributed by atoms with E-state index >= 15 is 0 Å². The summed E-state index contributed by atoms with van der Waals surface area (Å²) in [5.41, 5.74) is 1.25. The lowest BCUT2D eigenvalue weighted by Crippen LogP contribution is -2.24. The SMILES string of the molecule is COc1ccc(C2(CCC(C)O)SCCCS2)cc1OC1CCCO1. The topological polar surface area (TPSA) is 47.9 Å². The molecule has 2 aliphatic rings. The molecule has 2 heterocycles. The molecule has 1 aromatic rings. The fourth-order valence-electron chi connectivity index (χ4n) is 3.22. The van der Waals surface area contributed by atoms with Crippen molar-refractivity contribution >= 4 is 23.5 Å². The molecular formula is C19H28O4S2. The Kier molecular flexibility index (Phi) is 6.83. The Bertz CT molecular complexity index is 552. The summed E-state index contributed by atoms with van der Waals surface area (Å²) in [5.74, 6) is 3.81. The van der Waals surface area contributed by atoms with Gasteiger partial charge >= 0.3 is 0 Å². The molecule has 0 spiro atoms. The molecule has 2 fully saturated rings. The molecule has 3 rings (SSSR count). The third-order valence-electron chi connectivity index (χ3n) is 4.60. The van der Waals surface area contributed by atoms with Gasteiger partial charge in [-0.3, -0.25) is 0 Å². The molecule has 140 valence electrons. The first kappa shape index (κ1) is 19.2. The molecular weight excluding hydrogens is 356 g/mol. The van der Waals surface area contributed by atoms with Gasteiger partial charge < -0.3 is 19.3 Å². The predicted octanol–water partition coefficient (Wildman–Crippen LogP) is 4.39. The number of rotatable bonds is 7. The normalized spacial score (nSPS) is 24.0. The van der Waals surface area contributed by atoms with Crippen molar-refractivity contribution in [2.75, 3.05) is 25.2 Å². The van der Waals surface area contributed by atoms with Gasteiger partial charge in [0, 0.05) is 6.42 Å². The fourth-order valence-corrected chi connectivity index (χ4v) is 6.58. The average molecular weight is 385 g/mol. The van der Waals surface area contributed by atoms with Gasteiger partial charge in [-0.15, -0.1) is 23.5 Å². The van der Waals surface area contributed by atoms with Gasteiger partial charge in [0.05, 0.1) is 23.9 Å². The third kappa shape index (κ3) is 4.79. The molecule has 2 saturated heterocycles. The van der Waals surface area contributed by atoms with E-state index in [-0.39, 0.29) is 16.5 Å². The summed E-state index contributed by atoms with van der Waals surface area (Å²) >= 11 is 3.99. The largest absolute Gasteiger partial charge is 0.493 e. The van der Waals surface area contributed by atoms with Crippen LogP contribution in [0.5, 0.6) is 11.5 Å². The third-order valence-corrected chi connectivity index (χ3v) is 8.11. The maximum Gasteiger partial charge on any atom is 0.200 e. The summed E-state index contributed by atoms with van der Waals surface area (Å²) in [6, 6.07) is 6.27. The number of thioether (sulfide) groups is 2. The van der Waals surface area contributed by atoms with Crippen LogP contribution in [0.15, 0.2) is 18.2 Å². The number of methoxy groups -OCH3 is 1. The minimum Gasteiger partial charge on any atom is -0.493 e. The Morgan fingerprint density at radius 1 is 1.28 bits per heavy atom. The second-order valence-electron chi connectivity index (χ2n) is 6.62. The Morgan fingerprint density at radius 2 is 2.08 bits per heavy atom. The summed E-state index contributed by atoms with van der Waals surface area (Å²) in [7, 11) is 1.67. The molecule has 0 aliphatic carbocycles. The first-order valence-corrected chi connectivity index (χ1v) is 11.0. The van der Waals surface area contributed by atoms with Crippen LogP contribution in [0.1, 0.15) is 44.6 Å². The van der Waals surface area contributed by atoms with Crippen molar-refractivity contribution in [1.82, 2.24) is 0 Å². The number of benzene rings is 1. The second-order valence-corrected chi connectivity index (χ2v) is 9.66. The van der Waals surface area contributed by atoms with Crippen molar-refractivity contribution in [3.8, 4) is 11.5 Å². The summed E-state index contributed by atoms with van der Waals surface area (Å²) < 4.78 is 17.2. The molecule has 2 atom stereocenters. The van der Waals surface area contributed by atoms with E-state index in [9.17, 15) is 5.11 Å². The van der Waals surface area contributed by atoms with Gasteiger partial charge in [0.25, 0.3) is 0 Å². The molecule has 25 heavy (non-hydrogen) atoms. The highest BCUT2D eigenvalue weighted by atomic mass is 32.2. The predicted molar refractivity (Wildman–Crippen MR) is 105 cm³/mol. The highest BCUT2D eigenvalue weighted by molar-refractivity contribution is 8.18. The number of aliphatic hydroxyl groups excluding tert-OH is 1. The van der Waals surface area contributed by atoms with E-state index in [2.05, 4.69) is 12.1 Å². The lowest BCUT2D eigenvalue weighted by Gasteiger charge is -2.37. The van der Waals surface area contributed by atoms with E-state index in [4.69, 9.17) is 14.2 Å². The maximum absolute atomic E-state index is 9.79. The van der Waals surface area contributed by atoms with Crippen molar-refractivity contribution in [2.45, 2.75) is 55.5 Å². The monoisotopic (exact) mass is 384 g/mol. The highest BCUT2D eigenvalue weighted by Gasteiger charge is 2.36. The van der Waals surface area contributed by atoms with Crippen LogP contribution in [-0.4, -0.2) is 42.7 Å². The van der Waals surface area contributed by atoms with E-state index in [1.807, 2.05) is 36.5 Å². The molecule has 4 nitrogen and oxygen atoms in total. The smallest absolute Gasteiger partial charge is 0.200 e. The van der Waals surface area contributed by atoms with Gasteiger partial charge in [0.15, 0.2) is 17.8 Å². The molecule has 6 heteroatoms. The van der Waals surface area contributed by atoms with E-state index in [0.717, 1.165) is 55.3 Å². The zero-order valence-corrected chi connectivity index (χ0v) is 16.7. The number of hydrogen-bond donors (Lipinski definition) is 1. The Balaban J connectivity index is 1.86. The van der Waals surface area contributed by atoms with Crippen LogP contribution >= 0.6 is 23.5 Å². The quantitative estimate of drug-likeness (QED) is 0.752. The summed E-state index contributed by atoms with van der Waals surface area (Å²) in [4.78, 5) is 0. The molecule has 1 N–H and O–H groups in total. The van der Waals surface area contributed by atoms with Crippen LogP contribution in [0.4, 0.5) is 0 Å². The van der Waals surface area contributed by atoms with Crippen LogP contribution in [-0.2, 0) is 8.82 Å². The summed E-state index contributed by atoms with van der Waals surface area (Å²) in [6.45, 7) is 2.63. The lowest BCUT2D eigenvalue weighted by molar-refractivity contribution is -0.0403. The number of aliphatic hydroxyl groups is 1. The van der Waals surface area contributed by atoms with Gasteiger partial charge in [-0.05, 0) is 61.8 Å². The average Bonchev–Trinajstić information content (AvgIpc) is 3.14. The Labute approximate surface area is 159 Å². The van der Waals surface area contributed by atoms with Gasteiger partial charge in [-0.2, -0.15) is 0 Å². The zero-order chi connectivity index (χ0) is 17.7. The maximum atomic E-state index is 9.79. The van der Waals surface area contributed by atoms with E-state index in [1.165, 1.54) is 12.0 Å². The summed E-state index contributed by atoms with van der Waals surface area (Å²) in [6.07, 6.45) is 4.49. The van der Waals surface area contributed by atoms with E-state index < -0.39 is 0 Å². The fraction of sp³-hybridized carbons (Fsp3) is 0.684. The minimum atomic E-state index is -0.277. The van der Waals surface area contributed by atoms with Crippen molar-refractivity contribution in [3.05, 3.63) is 23.8 Å². The first-order chi connectivity index (χ1) is 12.1.